The number of likely N-dealkylation sites (N-methyl/N-ethyl adjacent to an activating group) is 1. The standard InChI is InChI=1S/C59H105NO8/c1-6-8-10-12-14-16-18-20-22-24-26-28-29-30-32-34-36-38-40-42-44-46-48-50-57(62)68-55(54-67-59(58(63)64)65-52-51-60(3,4)5)53-66-56(61)49-47-45-43-41-39-37-35-33-31-27-25-23-21-19-17-15-13-11-9-7-2/h8,10,14,16,20,22,26,28,30,32,55,59H,6-7,9,11-13,15,17-19,21,23-25,27,29,31,33-54H2,1-5H3/p+1/b10-8-,16-14-,22-20-,28-26-,32-30-. The largest absolute Gasteiger partial charge is 0.477 e. The first kappa shape index (κ1) is 65.0. The summed E-state index contributed by atoms with van der Waals surface area (Å²) in [5.74, 6) is -2.01. The van der Waals surface area contributed by atoms with Gasteiger partial charge in [-0.2, -0.15) is 0 Å². The summed E-state index contributed by atoms with van der Waals surface area (Å²) in [4.78, 5) is 37.4. The van der Waals surface area contributed by atoms with Crippen LogP contribution in [-0.2, 0) is 33.3 Å². The molecule has 9 nitrogen and oxygen atoms in total. The van der Waals surface area contributed by atoms with Crippen molar-refractivity contribution < 1.29 is 42.9 Å². The van der Waals surface area contributed by atoms with Crippen molar-refractivity contribution in [2.24, 2.45) is 0 Å². The highest BCUT2D eigenvalue weighted by Gasteiger charge is 2.25. The minimum atomic E-state index is -1.51. The van der Waals surface area contributed by atoms with Crippen LogP contribution in [0.1, 0.15) is 239 Å². The average Bonchev–Trinajstić information content (AvgIpc) is 3.30. The van der Waals surface area contributed by atoms with Crippen molar-refractivity contribution in [2.45, 2.75) is 251 Å². The Labute approximate surface area is 418 Å². The van der Waals surface area contributed by atoms with Gasteiger partial charge in [-0.15, -0.1) is 0 Å². The van der Waals surface area contributed by atoms with Gasteiger partial charge >= 0.3 is 17.9 Å². The first-order valence-corrected chi connectivity index (χ1v) is 28.0. The predicted molar refractivity (Wildman–Crippen MR) is 286 cm³/mol. The average molecular weight is 957 g/mol. The molecular weight excluding hydrogens is 851 g/mol. The zero-order valence-electron chi connectivity index (χ0n) is 44.8. The van der Waals surface area contributed by atoms with Crippen molar-refractivity contribution in [2.75, 3.05) is 47.5 Å². The van der Waals surface area contributed by atoms with Gasteiger partial charge in [-0.05, 0) is 57.8 Å². The number of carbonyl (C=O) groups excluding carboxylic acids is 2. The highest BCUT2D eigenvalue weighted by atomic mass is 16.7. The molecule has 0 radical (unpaired) electrons. The first-order chi connectivity index (χ1) is 33.1. The van der Waals surface area contributed by atoms with Gasteiger partial charge in [0.1, 0.15) is 13.2 Å². The van der Waals surface area contributed by atoms with Crippen LogP contribution in [0.3, 0.4) is 0 Å². The fraction of sp³-hybridized carbons (Fsp3) is 0.780. The number of quaternary nitrogens is 1. The van der Waals surface area contributed by atoms with E-state index in [1.807, 2.05) is 21.1 Å². The lowest BCUT2D eigenvalue weighted by Crippen LogP contribution is -2.40. The Morgan fingerprint density at radius 3 is 1.25 bits per heavy atom. The van der Waals surface area contributed by atoms with Gasteiger partial charge in [0, 0.05) is 12.8 Å². The molecule has 0 aromatic rings. The molecule has 394 valence electrons. The lowest BCUT2D eigenvalue weighted by Gasteiger charge is -2.25. The maximum absolute atomic E-state index is 12.9. The number of hydrogen-bond donors (Lipinski definition) is 1. The summed E-state index contributed by atoms with van der Waals surface area (Å²) in [5.41, 5.74) is 0. The topological polar surface area (TPSA) is 108 Å². The molecule has 0 aromatic heterocycles. The number of ether oxygens (including phenoxy) is 4. The van der Waals surface area contributed by atoms with Crippen molar-refractivity contribution in [3.63, 3.8) is 0 Å². The van der Waals surface area contributed by atoms with E-state index in [1.54, 1.807) is 0 Å². The van der Waals surface area contributed by atoms with E-state index in [0.29, 0.717) is 23.9 Å². The summed E-state index contributed by atoms with van der Waals surface area (Å²) in [5, 5.41) is 9.69. The van der Waals surface area contributed by atoms with E-state index in [-0.39, 0.29) is 32.2 Å². The second kappa shape index (κ2) is 50.4. The number of rotatable bonds is 51. The third-order valence-electron chi connectivity index (χ3n) is 12.0. The van der Waals surface area contributed by atoms with Crippen LogP contribution in [0.2, 0.25) is 0 Å². The Kier molecular flexibility index (Phi) is 48.2. The Morgan fingerprint density at radius 2 is 0.838 bits per heavy atom. The molecule has 0 amide bonds. The zero-order valence-corrected chi connectivity index (χ0v) is 44.8. The maximum atomic E-state index is 12.9. The van der Waals surface area contributed by atoms with Gasteiger partial charge in [0.25, 0.3) is 6.29 Å². The van der Waals surface area contributed by atoms with E-state index in [4.69, 9.17) is 18.9 Å². The number of esters is 2. The quantitative estimate of drug-likeness (QED) is 0.0211. The van der Waals surface area contributed by atoms with Gasteiger partial charge in [0.05, 0.1) is 34.4 Å². The third-order valence-corrected chi connectivity index (χ3v) is 12.0. The van der Waals surface area contributed by atoms with Crippen molar-refractivity contribution in [3.05, 3.63) is 60.8 Å². The molecule has 0 aliphatic carbocycles. The summed E-state index contributed by atoms with van der Waals surface area (Å²) >= 11 is 0. The molecule has 0 saturated heterocycles. The van der Waals surface area contributed by atoms with Crippen LogP contribution < -0.4 is 0 Å². The first-order valence-electron chi connectivity index (χ1n) is 28.0. The SMILES string of the molecule is CC/C=C\C/C=C\C/C=C\C/C=C\C/C=C\CCCCCCCCCC(=O)OC(COC(=O)CCCCCCCCCCCCCCCCCCCCCC)COC(OCC[N+](C)(C)C)C(=O)O. The summed E-state index contributed by atoms with van der Waals surface area (Å²) < 4.78 is 22.9. The van der Waals surface area contributed by atoms with E-state index in [9.17, 15) is 19.5 Å². The number of allylic oxidation sites excluding steroid dienone is 10. The molecule has 1 N–H and O–H groups in total. The molecule has 0 bridgehead atoms. The van der Waals surface area contributed by atoms with E-state index < -0.39 is 24.3 Å². The van der Waals surface area contributed by atoms with E-state index in [1.165, 1.54) is 128 Å². The molecule has 9 heteroatoms. The molecule has 0 aromatic carbocycles. The van der Waals surface area contributed by atoms with Gasteiger partial charge in [0.2, 0.25) is 0 Å². The van der Waals surface area contributed by atoms with Crippen molar-refractivity contribution >= 4 is 17.9 Å². The molecule has 0 heterocycles. The number of nitrogens with zero attached hydrogens (tertiary/aromatic N) is 1. The molecule has 0 aliphatic heterocycles. The molecule has 2 atom stereocenters. The molecule has 68 heavy (non-hydrogen) atoms. The molecular formula is C59H106NO8+. The molecule has 0 aliphatic rings. The smallest absolute Gasteiger partial charge is 0.361 e. The van der Waals surface area contributed by atoms with Crippen molar-refractivity contribution in [3.8, 4) is 0 Å². The third kappa shape index (κ3) is 50.9. The number of aliphatic carboxylic acids is 1. The number of hydrogen-bond acceptors (Lipinski definition) is 7. The summed E-state index contributed by atoms with van der Waals surface area (Å²) in [7, 11) is 5.96. The van der Waals surface area contributed by atoms with Crippen LogP contribution in [-0.4, -0.2) is 87.4 Å². The van der Waals surface area contributed by atoms with Crippen molar-refractivity contribution in [1.29, 1.82) is 0 Å². The van der Waals surface area contributed by atoms with Gasteiger partial charge < -0.3 is 28.5 Å². The van der Waals surface area contributed by atoms with Gasteiger partial charge in [0.15, 0.2) is 6.10 Å². The minimum absolute atomic E-state index is 0.184. The van der Waals surface area contributed by atoms with Crippen LogP contribution in [0.5, 0.6) is 0 Å². The highest BCUT2D eigenvalue weighted by Crippen LogP contribution is 2.16. The lowest BCUT2D eigenvalue weighted by atomic mass is 10.0. The van der Waals surface area contributed by atoms with Crippen LogP contribution in [0, 0.1) is 0 Å². The minimum Gasteiger partial charge on any atom is -0.477 e. The van der Waals surface area contributed by atoms with Gasteiger partial charge in [-0.3, -0.25) is 9.59 Å². The number of carboxylic acids is 1. The Morgan fingerprint density at radius 1 is 0.456 bits per heavy atom. The summed E-state index contributed by atoms with van der Waals surface area (Å²) in [6, 6.07) is 0. The van der Waals surface area contributed by atoms with E-state index in [0.717, 1.165) is 77.0 Å². The van der Waals surface area contributed by atoms with Gasteiger partial charge in [-0.1, -0.05) is 229 Å². The van der Waals surface area contributed by atoms with Crippen LogP contribution >= 0.6 is 0 Å². The maximum Gasteiger partial charge on any atom is 0.361 e. The fourth-order valence-corrected chi connectivity index (χ4v) is 7.75. The molecule has 2 unspecified atom stereocenters. The Balaban J connectivity index is 4.30. The number of carboxylic acid groups (broad SMARTS) is 1. The normalized spacial score (nSPS) is 13.2. The molecule has 0 spiro atoms. The Hall–Kier alpha value is -3.01. The highest BCUT2D eigenvalue weighted by molar-refractivity contribution is 5.71. The van der Waals surface area contributed by atoms with Crippen molar-refractivity contribution in [1.82, 2.24) is 0 Å². The van der Waals surface area contributed by atoms with Crippen LogP contribution in [0.15, 0.2) is 60.8 Å². The number of carbonyl (C=O) groups is 3. The van der Waals surface area contributed by atoms with E-state index >= 15 is 0 Å². The monoisotopic (exact) mass is 957 g/mol. The summed E-state index contributed by atoms with van der Waals surface area (Å²) in [6.45, 7) is 4.77. The van der Waals surface area contributed by atoms with E-state index in [2.05, 4.69) is 74.6 Å². The van der Waals surface area contributed by atoms with Crippen LogP contribution in [0.25, 0.3) is 0 Å². The second-order valence-electron chi connectivity index (χ2n) is 19.9. The second-order valence-corrected chi connectivity index (χ2v) is 19.9. The summed E-state index contributed by atoms with van der Waals surface area (Å²) in [6.07, 6.45) is 60.0. The molecule has 0 rings (SSSR count). The Bertz CT molecular complexity index is 1300. The zero-order chi connectivity index (χ0) is 49.9. The number of unbranched alkanes of at least 4 members (excludes halogenated alkanes) is 26. The molecule has 0 fully saturated rings. The fourth-order valence-electron chi connectivity index (χ4n) is 7.75. The van der Waals surface area contributed by atoms with Gasteiger partial charge in [-0.25, -0.2) is 4.79 Å². The van der Waals surface area contributed by atoms with Crippen LogP contribution in [0.4, 0.5) is 0 Å². The molecule has 0 saturated carbocycles. The predicted octanol–water partition coefficient (Wildman–Crippen LogP) is 16.1. The lowest BCUT2D eigenvalue weighted by molar-refractivity contribution is -0.870.